The van der Waals surface area contributed by atoms with Crippen molar-refractivity contribution in [3.63, 3.8) is 0 Å². The summed E-state index contributed by atoms with van der Waals surface area (Å²) in [5.41, 5.74) is 3.44. The fraction of sp³-hybridized carbons (Fsp3) is 0.455. The van der Waals surface area contributed by atoms with E-state index < -0.39 is 0 Å². The minimum Gasteiger partial charge on any atom is -0.508 e. The highest BCUT2D eigenvalue weighted by molar-refractivity contribution is 5.53. The van der Waals surface area contributed by atoms with E-state index in [1.807, 2.05) is 12.1 Å². The Morgan fingerprint density at radius 3 is 2.58 bits per heavy atom. The van der Waals surface area contributed by atoms with E-state index in [2.05, 4.69) is 65.4 Å². The molecule has 2 N–H and O–H groups in total. The molecule has 26 heavy (non-hydrogen) atoms. The maximum Gasteiger partial charge on any atom is 0.122 e. The van der Waals surface area contributed by atoms with E-state index in [0.29, 0.717) is 18.3 Å². The van der Waals surface area contributed by atoms with Gasteiger partial charge in [-0.2, -0.15) is 0 Å². The Hall–Kier alpha value is -2.04. The zero-order valence-corrected chi connectivity index (χ0v) is 16.0. The molecule has 0 aromatic heterocycles. The Morgan fingerprint density at radius 2 is 1.88 bits per heavy atom. The number of phenols is 1. The number of nitrogens with one attached hydrogen (secondary N) is 1. The van der Waals surface area contributed by atoms with Crippen molar-refractivity contribution >= 4 is 5.69 Å². The van der Waals surface area contributed by atoms with E-state index in [4.69, 9.17) is 0 Å². The van der Waals surface area contributed by atoms with Crippen LogP contribution in [0.3, 0.4) is 0 Å². The van der Waals surface area contributed by atoms with E-state index in [1.54, 1.807) is 0 Å². The summed E-state index contributed by atoms with van der Waals surface area (Å²) in [5, 5.41) is 14.0. The molecule has 1 aliphatic heterocycles. The second-order valence-corrected chi connectivity index (χ2v) is 7.07. The first-order valence-electron chi connectivity index (χ1n) is 9.76. The van der Waals surface area contributed by atoms with Crippen LogP contribution in [0.1, 0.15) is 31.4 Å². The summed E-state index contributed by atoms with van der Waals surface area (Å²) in [6.45, 7) is 10.1. The van der Waals surface area contributed by atoms with Crippen LogP contribution in [0.2, 0.25) is 0 Å². The Kier molecular flexibility index (Phi) is 6.53. The summed E-state index contributed by atoms with van der Waals surface area (Å²) in [4.78, 5) is 4.74. The van der Waals surface area contributed by atoms with Crippen LogP contribution in [0.4, 0.5) is 5.69 Å². The first-order chi connectivity index (χ1) is 12.7. The summed E-state index contributed by atoms with van der Waals surface area (Å²) in [6, 6.07) is 17.2. The molecule has 0 bridgehead atoms. The molecule has 0 amide bonds. The van der Waals surface area contributed by atoms with Crippen LogP contribution in [0, 0.1) is 0 Å². The summed E-state index contributed by atoms with van der Waals surface area (Å²) >= 11 is 0. The normalized spacial score (nSPS) is 17.5. The van der Waals surface area contributed by atoms with Crippen LogP contribution < -0.4 is 10.2 Å². The molecule has 4 nitrogen and oxygen atoms in total. The average molecular weight is 354 g/mol. The van der Waals surface area contributed by atoms with Crippen LogP contribution in [-0.2, 0) is 13.1 Å². The smallest absolute Gasteiger partial charge is 0.122 e. The van der Waals surface area contributed by atoms with Crippen LogP contribution in [0.15, 0.2) is 48.5 Å². The van der Waals surface area contributed by atoms with Gasteiger partial charge in [0.15, 0.2) is 0 Å². The number of aromatic hydroxyl groups is 1. The van der Waals surface area contributed by atoms with Gasteiger partial charge in [-0.25, -0.2) is 0 Å². The standard InChI is InChI=1S/C22H31N3O/c1-3-25(4-2)21-11-10-19(22(26)14-21)15-23-20-12-13-24(17-20)16-18-8-6-5-7-9-18/h5-11,14,20,23,26H,3-4,12-13,15-17H2,1-2H3. The number of anilines is 1. The van der Waals surface area contributed by atoms with Crippen molar-refractivity contribution in [2.75, 3.05) is 31.1 Å². The first-order valence-corrected chi connectivity index (χ1v) is 9.76. The van der Waals surface area contributed by atoms with Gasteiger partial charge in [-0.1, -0.05) is 36.4 Å². The predicted octanol–water partition coefficient (Wildman–Crippen LogP) is 3.60. The minimum atomic E-state index is 0.390. The molecule has 0 aliphatic carbocycles. The highest BCUT2D eigenvalue weighted by Crippen LogP contribution is 2.25. The molecule has 2 aromatic carbocycles. The highest BCUT2D eigenvalue weighted by Gasteiger charge is 2.22. The molecular weight excluding hydrogens is 322 g/mol. The number of benzene rings is 2. The lowest BCUT2D eigenvalue weighted by atomic mass is 10.1. The fourth-order valence-electron chi connectivity index (χ4n) is 3.73. The third kappa shape index (κ3) is 4.77. The second-order valence-electron chi connectivity index (χ2n) is 7.07. The summed E-state index contributed by atoms with van der Waals surface area (Å²) in [5.74, 6) is 0.390. The summed E-state index contributed by atoms with van der Waals surface area (Å²) < 4.78 is 0. The number of phenolic OH excluding ortho intramolecular Hbond substituents is 1. The van der Waals surface area contributed by atoms with Gasteiger partial charge in [-0.05, 0) is 31.9 Å². The van der Waals surface area contributed by atoms with Crippen LogP contribution in [0.5, 0.6) is 5.75 Å². The van der Waals surface area contributed by atoms with E-state index in [-0.39, 0.29) is 0 Å². The van der Waals surface area contributed by atoms with E-state index >= 15 is 0 Å². The molecule has 0 spiro atoms. The summed E-state index contributed by atoms with van der Waals surface area (Å²) in [7, 11) is 0. The van der Waals surface area contributed by atoms with Crippen molar-refractivity contribution in [2.45, 2.75) is 39.4 Å². The zero-order valence-electron chi connectivity index (χ0n) is 16.0. The van der Waals surface area contributed by atoms with Gasteiger partial charge in [-0.3, -0.25) is 4.90 Å². The molecule has 1 fully saturated rings. The molecule has 2 aromatic rings. The number of nitrogens with zero attached hydrogens (tertiary/aromatic N) is 2. The molecule has 1 saturated heterocycles. The number of likely N-dealkylation sites (tertiary alicyclic amines) is 1. The molecule has 1 heterocycles. The van der Waals surface area contributed by atoms with Crippen molar-refractivity contribution < 1.29 is 5.11 Å². The van der Waals surface area contributed by atoms with Crippen molar-refractivity contribution in [3.05, 3.63) is 59.7 Å². The van der Waals surface area contributed by atoms with Crippen molar-refractivity contribution in [3.8, 4) is 5.75 Å². The SMILES string of the molecule is CCN(CC)c1ccc(CNC2CCN(Cc3ccccc3)C2)c(O)c1. The predicted molar refractivity (Wildman–Crippen MR) is 109 cm³/mol. The van der Waals surface area contributed by atoms with Crippen molar-refractivity contribution in [1.82, 2.24) is 10.2 Å². The zero-order chi connectivity index (χ0) is 18.4. The second kappa shape index (κ2) is 9.06. The van der Waals surface area contributed by atoms with E-state index in [0.717, 1.165) is 50.4 Å². The molecule has 140 valence electrons. The fourth-order valence-corrected chi connectivity index (χ4v) is 3.73. The van der Waals surface area contributed by atoms with Crippen LogP contribution in [0.25, 0.3) is 0 Å². The van der Waals surface area contributed by atoms with E-state index in [9.17, 15) is 5.11 Å². The number of rotatable bonds is 8. The third-order valence-corrected chi connectivity index (χ3v) is 5.30. The minimum absolute atomic E-state index is 0.390. The van der Waals surface area contributed by atoms with Gasteiger partial charge >= 0.3 is 0 Å². The lowest BCUT2D eigenvalue weighted by molar-refractivity contribution is 0.319. The maximum absolute atomic E-state index is 10.4. The highest BCUT2D eigenvalue weighted by atomic mass is 16.3. The monoisotopic (exact) mass is 353 g/mol. The van der Waals surface area contributed by atoms with Crippen LogP contribution >= 0.6 is 0 Å². The van der Waals surface area contributed by atoms with Crippen molar-refractivity contribution in [2.24, 2.45) is 0 Å². The van der Waals surface area contributed by atoms with Gasteiger partial charge in [0.1, 0.15) is 5.75 Å². The quantitative estimate of drug-likeness (QED) is 0.760. The van der Waals surface area contributed by atoms with Gasteiger partial charge < -0.3 is 15.3 Å². The molecule has 1 atom stereocenters. The topological polar surface area (TPSA) is 38.7 Å². The molecule has 0 radical (unpaired) electrons. The number of hydrogen-bond acceptors (Lipinski definition) is 4. The Bertz CT molecular complexity index is 685. The molecular formula is C22H31N3O. The van der Waals surface area contributed by atoms with Gasteiger partial charge in [0, 0.05) is 62.6 Å². The van der Waals surface area contributed by atoms with Crippen molar-refractivity contribution in [1.29, 1.82) is 0 Å². The lowest BCUT2D eigenvalue weighted by Crippen LogP contribution is -2.32. The van der Waals surface area contributed by atoms with Crippen LogP contribution in [-0.4, -0.2) is 42.2 Å². The van der Waals surface area contributed by atoms with E-state index in [1.165, 1.54) is 5.56 Å². The Labute approximate surface area is 157 Å². The Morgan fingerprint density at radius 1 is 1.12 bits per heavy atom. The Balaban J connectivity index is 1.50. The van der Waals surface area contributed by atoms with Gasteiger partial charge in [0.25, 0.3) is 0 Å². The summed E-state index contributed by atoms with van der Waals surface area (Å²) in [6.07, 6.45) is 1.16. The lowest BCUT2D eigenvalue weighted by Gasteiger charge is -2.22. The number of hydrogen-bond donors (Lipinski definition) is 2. The average Bonchev–Trinajstić information content (AvgIpc) is 3.10. The maximum atomic E-state index is 10.4. The molecule has 4 heteroatoms. The molecule has 1 unspecified atom stereocenters. The molecule has 0 saturated carbocycles. The molecule has 1 aliphatic rings. The van der Waals surface area contributed by atoms with Gasteiger partial charge in [-0.15, -0.1) is 0 Å². The molecule has 3 rings (SSSR count). The van der Waals surface area contributed by atoms with Gasteiger partial charge in [0.05, 0.1) is 0 Å². The van der Waals surface area contributed by atoms with Gasteiger partial charge in [0.2, 0.25) is 0 Å². The third-order valence-electron chi connectivity index (χ3n) is 5.30. The largest absolute Gasteiger partial charge is 0.508 e. The first kappa shape index (κ1) is 18.7.